The Morgan fingerprint density at radius 2 is 2.00 bits per heavy atom. The van der Waals surface area contributed by atoms with Crippen molar-refractivity contribution in [1.29, 1.82) is 0 Å². The first-order valence-corrected chi connectivity index (χ1v) is 6.83. The maximum absolute atomic E-state index is 5.79. The molecule has 4 nitrogen and oxygen atoms in total. The van der Waals surface area contributed by atoms with E-state index in [4.69, 9.17) is 18.9 Å². The summed E-state index contributed by atoms with van der Waals surface area (Å²) in [6.07, 6.45) is 11.8. The topological polar surface area (TPSA) is 36.9 Å². The summed E-state index contributed by atoms with van der Waals surface area (Å²) in [5.41, 5.74) is -0.223. The fourth-order valence-electron chi connectivity index (χ4n) is 2.91. The molecule has 1 saturated heterocycles. The molecule has 0 radical (unpaired) electrons. The molecule has 0 aromatic carbocycles. The van der Waals surface area contributed by atoms with E-state index in [1.54, 1.807) is 21.3 Å². The van der Waals surface area contributed by atoms with Gasteiger partial charge in [0.15, 0.2) is 12.6 Å². The Balaban J connectivity index is 2.00. The largest absolute Gasteiger partial charge is 0.374 e. The Hall–Kier alpha value is -0.680. The van der Waals surface area contributed by atoms with Crippen LogP contribution in [0, 0.1) is 5.92 Å². The summed E-state index contributed by atoms with van der Waals surface area (Å²) in [5.74, 6) is 0.326. The number of ether oxygens (including phenoxy) is 4. The lowest BCUT2D eigenvalue weighted by atomic mass is 9.82. The maximum Gasteiger partial charge on any atom is 0.163 e. The van der Waals surface area contributed by atoms with Gasteiger partial charge in [-0.3, -0.25) is 0 Å². The summed E-state index contributed by atoms with van der Waals surface area (Å²) in [7, 11) is 5.13. The van der Waals surface area contributed by atoms with Crippen LogP contribution in [0.15, 0.2) is 24.3 Å². The van der Waals surface area contributed by atoms with Crippen LogP contribution in [0.4, 0.5) is 0 Å². The van der Waals surface area contributed by atoms with Gasteiger partial charge < -0.3 is 18.9 Å². The summed E-state index contributed by atoms with van der Waals surface area (Å²) in [6, 6.07) is 0. The van der Waals surface area contributed by atoms with E-state index in [-0.39, 0.29) is 18.2 Å². The molecular weight excluding hydrogens is 244 g/mol. The average molecular weight is 268 g/mol. The SMILES string of the molecule is COC1CCC(CC2(OC)C=CC=CC2)C(OC)O1. The quantitative estimate of drug-likeness (QED) is 0.768. The van der Waals surface area contributed by atoms with Gasteiger partial charge in [0.25, 0.3) is 0 Å². The van der Waals surface area contributed by atoms with Gasteiger partial charge >= 0.3 is 0 Å². The van der Waals surface area contributed by atoms with E-state index in [1.807, 2.05) is 0 Å². The predicted octanol–water partition coefficient (Wildman–Crippen LogP) is 2.65. The van der Waals surface area contributed by atoms with Gasteiger partial charge in [-0.2, -0.15) is 0 Å². The Labute approximate surface area is 115 Å². The second-order valence-electron chi connectivity index (χ2n) is 5.21. The Morgan fingerprint density at radius 3 is 2.58 bits per heavy atom. The van der Waals surface area contributed by atoms with E-state index in [9.17, 15) is 0 Å². The van der Waals surface area contributed by atoms with Crippen LogP contribution in [0.25, 0.3) is 0 Å². The van der Waals surface area contributed by atoms with Gasteiger partial charge in [-0.15, -0.1) is 0 Å². The van der Waals surface area contributed by atoms with Crippen LogP contribution in [0.2, 0.25) is 0 Å². The standard InChI is InChI=1S/C15H24O4/c1-16-13-8-7-12(14(17-2)19-13)11-15(18-3)9-5-4-6-10-15/h4-6,9,12-14H,7-8,10-11H2,1-3H3. The van der Waals surface area contributed by atoms with E-state index in [1.165, 1.54) is 0 Å². The van der Waals surface area contributed by atoms with Crippen molar-refractivity contribution in [1.82, 2.24) is 0 Å². The van der Waals surface area contributed by atoms with Crippen LogP contribution >= 0.6 is 0 Å². The molecule has 108 valence electrons. The fourth-order valence-corrected chi connectivity index (χ4v) is 2.91. The average Bonchev–Trinajstić information content (AvgIpc) is 2.48. The van der Waals surface area contributed by atoms with Gasteiger partial charge in [-0.1, -0.05) is 24.3 Å². The Morgan fingerprint density at radius 1 is 1.16 bits per heavy atom. The lowest BCUT2D eigenvalue weighted by Gasteiger charge is -2.40. The molecule has 0 aromatic rings. The highest BCUT2D eigenvalue weighted by molar-refractivity contribution is 5.18. The van der Waals surface area contributed by atoms with E-state index >= 15 is 0 Å². The zero-order chi connectivity index (χ0) is 13.7. The van der Waals surface area contributed by atoms with Crippen molar-refractivity contribution in [3.63, 3.8) is 0 Å². The van der Waals surface area contributed by atoms with Crippen molar-refractivity contribution in [3.8, 4) is 0 Å². The summed E-state index contributed by atoms with van der Waals surface area (Å²) < 4.78 is 22.3. The predicted molar refractivity (Wildman–Crippen MR) is 72.7 cm³/mol. The molecule has 0 saturated carbocycles. The van der Waals surface area contributed by atoms with Gasteiger partial charge in [0.2, 0.25) is 0 Å². The summed E-state index contributed by atoms with van der Waals surface area (Å²) in [4.78, 5) is 0. The number of hydrogen-bond acceptors (Lipinski definition) is 4. The van der Waals surface area contributed by atoms with Crippen molar-refractivity contribution in [2.24, 2.45) is 5.92 Å². The lowest BCUT2D eigenvalue weighted by Crippen LogP contribution is -2.42. The normalized spacial score (nSPS) is 38.6. The number of allylic oxidation sites excluding steroid dienone is 2. The maximum atomic E-state index is 5.79. The highest BCUT2D eigenvalue weighted by atomic mass is 16.8. The molecule has 1 fully saturated rings. The molecule has 1 aliphatic heterocycles. The molecule has 0 spiro atoms. The number of rotatable bonds is 5. The zero-order valence-corrected chi connectivity index (χ0v) is 12.0. The van der Waals surface area contributed by atoms with Gasteiger partial charge in [0, 0.05) is 27.2 Å². The summed E-state index contributed by atoms with van der Waals surface area (Å²) >= 11 is 0. The Kier molecular flexibility index (Phi) is 5.16. The third kappa shape index (κ3) is 3.45. The highest BCUT2D eigenvalue weighted by Crippen LogP contribution is 2.36. The summed E-state index contributed by atoms with van der Waals surface area (Å²) in [6.45, 7) is 0. The minimum absolute atomic E-state index is 0.151. The minimum atomic E-state index is -0.223. The lowest BCUT2D eigenvalue weighted by molar-refractivity contribution is -0.277. The van der Waals surface area contributed by atoms with Crippen molar-refractivity contribution in [2.75, 3.05) is 21.3 Å². The Bertz CT molecular complexity index is 339. The smallest absolute Gasteiger partial charge is 0.163 e. The van der Waals surface area contributed by atoms with Crippen LogP contribution in [-0.2, 0) is 18.9 Å². The molecule has 0 amide bonds. The molecule has 0 N–H and O–H groups in total. The first-order chi connectivity index (χ1) is 9.23. The van der Waals surface area contributed by atoms with Crippen molar-refractivity contribution < 1.29 is 18.9 Å². The first-order valence-electron chi connectivity index (χ1n) is 6.83. The molecule has 1 heterocycles. The van der Waals surface area contributed by atoms with Crippen molar-refractivity contribution >= 4 is 0 Å². The molecular formula is C15H24O4. The van der Waals surface area contributed by atoms with Crippen LogP contribution in [-0.4, -0.2) is 39.5 Å². The second-order valence-corrected chi connectivity index (χ2v) is 5.21. The van der Waals surface area contributed by atoms with Crippen LogP contribution < -0.4 is 0 Å². The molecule has 4 atom stereocenters. The van der Waals surface area contributed by atoms with E-state index in [0.29, 0.717) is 5.92 Å². The molecule has 0 aromatic heterocycles. The van der Waals surface area contributed by atoms with E-state index in [2.05, 4.69) is 24.3 Å². The van der Waals surface area contributed by atoms with Crippen LogP contribution in [0.1, 0.15) is 25.7 Å². The second kappa shape index (κ2) is 6.66. The van der Waals surface area contributed by atoms with E-state index < -0.39 is 0 Å². The van der Waals surface area contributed by atoms with Gasteiger partial charge in [0.05, 0.1) is 5.60 Å². The molecule has 0 bridgehead atoms. The number of hydrogen-bond donors (Lipinski definition) is 0. The minimum Gasteiger partial charge on any atom is -0.374 e. The third-order valence-electron chi connectivity index (χ3n) is 4.06. The highest BCUT2D eigenvalue weighted by Gasteiger charge is 2.38. The van der Waals surface area contributed by atoms with Gasteiger partial charge in [-0.05, 0) is 25.7 Å². The van der Waals surface area contributed by atoms with Crippen LogP contribution in [0.5, 0.6) is 0 Å². The monoisotopic (exact) mass is 268 g/mol. The molecule has 2 rings (SSSR count). The molecule has 2 aliphatic rings. The molecule has 4 unspecified atom stereocenters. The van der Waals surface area contributed by atoms with Crippen LogP contribution in [0.3, 0.4) is 0 Å². The fraction of sp³-hybridized carbons (Fsp3) is 0.733. The van der Waals surface area contributed by atoms with Gasteiger partial charge in [0.1, 0.15) is 0 Å². The molecule has 19 heavy (non-hydrogen) atoms. The molecule has 1 aliphatic carbocycles. The third-order valence-corrected chi connectivity index (χ3v) is 4.06. The molecule has 4 heteroatoms. The first kappa shape index (κ1) is 14.7. The number of methoxy groups -OCH3 is 3. The van der Waals surface area contributed by atoms with Crippen molar-refractivity contribution in [3.05, 3.63) is 24.3 Å². The van der Waals surface area contributed by atoms with Gasteiger partial charge in [-0.25, -0.2) is 0 Å². The van der Waals surface area contributed by atoms with Crippen molar-refractivity contribution in [2.45, 2.75) is 43.9 Å². The zero-order valence-electron chi connectivity index (χ0n) is 12.0. The van der Waals surface area contributed by atoms with E-state index in [0.717, 1.165) is 25.7 Å². The summed E-state index contributed by atoms with van der Waals surface area (Å²) in [5, 5.41) is 0.